The van der Waals surface area contributed by atoms with Gasteiger partial charge in [-0.2, -0.15) is 0 Å². The number of piperidine rings is 1. The van der Waals surface area contributed by atoms with Crippen LogP contribution in [-0.4, -0.2) is 41.0 Å². The summed E-state index contributed by atoms with van der Waals surface area (Å²) in [5.74, 6) is 0.958. The van der Waals surface area contributed by atoms with E-state index in [2.05, 4.69) is 9.47 Å². The molecule has 2 aromatic carbocycles. The molecule has 0 bridgehead atoms. The molecule has 1 aliphatic heterocycles. The summed E-state index contributed by atoms with van der Waals surface area (Å²) < 4.78 is 8.21. The zero-order valence-electron chi connectivity index (χ0n) is 17.1. The van der Waals surface area contributed by atoms with E-state index in [-0.39, 0.29) is 11.9 Å². The fourth-order valence-corrected chi connectivity index (χ4v) is 4.60. The van der Waals surface area contributed by atoms with Crippen molar-refractivity contribution in [1.82, 2.24) is 9.47 Å². The molecule has 3 aromatic rings. The van der Waals surface area contributed by atoms with Crippen molar-refractivity contribution in [3.8, 4) is 5.75 Å². The van der Waals surface area contributed by atoms with Gasteiger partial charge >= 0.3 is 0 Å². The zero-order valence-corrected chi connectivity index (χ0v) is 18.6. The van der Waals surface area contributed by atoms with Crippen LogP contribution in [0.25, 0.3) is 10.9 Å². The molecule has 158 valence electrons. The number of halogens is 2. The summed E-state index contributed by atoms with van der Waals surface area (Å²) in [6.45, 7) is 5.53. The number of rotatable bonds is 7. The van der Waals surface area contributed by atoms with Crippen LogP contribution in [0.5, 0.6) is 5.75 Å². The van der Waals surface area contributed by atoms with Gasteiger partial charge in [-0.3, -0.25) is 4.79 Å². The summed E-state index contributed by atoms with van der Waals surface area (Å²) >= 11 is 12.4. The fourth-order valence-electron chi connectivity index (χ4n) is 4.19. The summed E-state index contributed by atoms with van der Waals surface area (Å²) in [6.07, 6.45) is 5.26. The Morgan fingerprint density at radius 3 is 2.50 bits per heavy atom. The number of carbonyl (C=O) groups is 1. The molecule has 0 unspecified atom stereocenters. The minimum absolute atomic E-state index is 0.0729. The summed E-state index contributed by atoms with van der Waals surface area (Å²) in [5.41, 5.74) is 1.70. The molecule has 0 spiro atoms. The Kier molecular flexibility index (Phi) is 6.67. The number of para-hydroxylation sites is 1. The molecule has 4 rings (SSSR count). The van der Waals surface area contributed by atoms with Gasteiger partial charge in [-0.15, -0.1) is 0 Å². The van der Waals surface area contributed by atoms with Gasteiger partial charge in [0, 0.05) is 41.8 Å². The van der Waals surface area contributed by atoms with E-state index in [4.69, 9.17) is 27.9 Å². The second kappa shape index (κ2) is 9.42. The standard InChI is InChI=1S/C24H26Cl2N2O2/c1-17(29)22-16-28(24-21(22)4-2-5-23(24)26)13-3-12-27-14-10-20(11-15-27)30-19-8-6-18(25)7-9-19/h2,4-9,16,20H,3,10-15H2,1H3. The molecule has 1 aromatic heterocycles. The average Bonchev–Trinajstić information content (AvgIpc) is 3.11. The van der Waals surface area contributed by atoms with Gasteiger partial charge in [0.05, 0.1) is 10.5 Å². The number of nitrogens with zero attached hydrogens (tertiary/aromatic N) is 2. The number of Topliss-reactive ketones (excluding diaryl/α,β-unsaturated/α-hetero) is 1. The minimum atomic E-state index is 0.0729. The van der Waals surface area contributed by atoms with E-state index in [0.717, 1.165) is 72.7 Å². The van der Waals surface area contributed by atoms with Crippen LogP contribution >= 0.6 is 23.2 Å². The molecule has 0 radical (unpaired) electrons. The van der Waals surface area contributed by atoms with Crippen molar-refractivity contribution in [1.29, 1.82) is 0 Å². The Hall–Kier alpha value is -2.01. The first-order chi connectivity index (χ1) is 14.5. The van der Waals surface area contributed by atoms with Crippen LogP contribution in [0, 0.1) is 0 Å². The third kappa shape index (κ3) is 4.83. The molecule has 6 heteroatoms. The van der Waals surface area contributed by atoms with E-state index in [9.17, 15) is 4.79 Å². The average molecular weight is 445 g/mol. The highest BCUT2D eigenvalue weighted by molar-refractivity contribution is 6.35. The monoisotopic (exact) mass is 444 g/mol. The molecular formula is C24H26Cl2N2O2. The van der Waals surface area contributed by atoms with E-state index < -0.39 is 0 Å². The smallest absolute Gasteiger partial charge is 0.161 e. The molecular weight excluding hydrogens is 419 g/mol. The lowest BCUT2D eigenvalue weighted by atomic mass is 10.1. The van der Waals surface area contributed by atoms with Crippen LogP contribution in [-0.2, 0) is 6.54 Å². The maximum atomic E-state index is 12.0. The van der Waals surface area contributed by atoms with Crippen LogP contribution < -0.4 is 4.74 Å². The van der Waals surface area contributed by atoms with Crippen LogP contribution in [0.15, 0.2) is 48.7 Å². The van der Waals surface area contributed by atoms with Gasteiger partial charge in [0.15, 0.2) is 5.78 Å². The summed E-state index contributed by atoms with van der Waals surface area (Å²) in [6, 6.07) is 13.3. The predicted octanol–water partition coefficient (Wildman–Crippen LogP) is 6.08. The molecule has 30 heavy (non-hydrogen) atoms. The second-order valence-corrected chi connectivity index (χ2v) is 8.74. The van der Waals surface area contributed by atoms with Crippen LogP contribution in [0.4, 0.5) is 0 Å². The van der Waals surface area contributed by atoms with Gasteiger partial charge in [0.25, 0.3) is 0 Å². The number of aromatic nitrogens is 1. The topological polar surface area (TPSA) is 34.5 Å². The summed E-state index contributed by atoms with van der Waals surface area (Å²) in [5, 5.41) is 2.36. The number of ether oxygens (including phenoxy) is 1. The first kappa shape index (κ1) is 21.2. The molecule has 0 atom stereocenters. The molecule has 0 saturated carbocycles. The number of hydrogen-bond acceptors (Lipinski definition) is 3. The van der Waals surface area contributed by atoms with Gasteiger partial charge in [0.2, 0.25) is 0 Å². The molecule has 1 aliphatic rings. The van der Waals surface area contributed by atoms with Crippen molar-refractivity contribution in [2.75, 3.05) is 19.6 Å². The van der Waals surface area contributed by atoms with E-state index in [1.807, 2.05) is 48.7 Å². The number of hydrogen-bond donors (Lipinski definition) is 0. The Labute approximate surface area is 187 Å². The van der Waals surface area contributed by atoms with Crippen molar-refractivity contribution >= 4 is 39.9 Å². The third-order valence-corrected chi connectivity index (χ3v) is 6.31. The Balaban J connectivity index is 1.29. The zero-order chi connectivity index (χ0) is 21.1. The van der Waals surface area contributed by atoms with Crippen molar-refractivity contribution in [3.05, 3.63) is 64.3 Å². The maximum absolute atomic E-state index is 12.0. The first-order valence-electron chi connectivity index (χ1n) is 10.4. The Morgan fingerprint density at radius 2 is 1.80 bits per heavy atom. The van der Waals surface area contributed by atoms with Crippen molar-refractivity contribution in [2.24, 2.45) is 0 Å². The van der Waals surface area contributed by atoms with E-state index in [1.165, 1.54) is 0 Å². The van der Waals surface area contributed by atoms with Crippen molar-refractivity contribution in [2.45, 2.75) is 38.8 Å². The normalized spacial score (nSPS) is 15.6. The largest absolute Gasteiger partial charge is 0.490 e. The number of benzene rings is 2. The summed E-state index contributed by atoms with van der Waals surface area (Å²) in [4.78, 5) is 14.5. The van der Waals surface area contributed by atoms with Gasteiger partial charge in [0.1, 0.15) is 11.9 Å². The fraction of sp³-hybridized carbons (Fsp3) is 0.375. The molecule has 0 amide bonds. The van der Waals surface area contributed by atoms with E-state index >= 15 is 0 Å². The summed E-state index contributed by atoms with van der Waals surface area (Å²) in [7, 11) is 0. The quantitative estimate of drug-likeness (QED) is 0.413. The number of aryl methyl sites for hydroxylation is 1. The Morgan fingerprint density at radius 1 is 1.07 bits per heavy atom. The first-order valence-corrected chi connectivity index (χ1v) is 11.2. The van der Waals surface area contributed by atoms with Gasteiger partial charge in [-0.25, -0.2) is 0 Å². The van der Waals surface area contributed by atoms with Gasteiger partial charge < -0.3 is 14.2 Å². The SMILES string of the molecule is CC(=O)c1cn(CCCN2CCC(Oc3ccc(Cl)cc3)CC2)c2c(Cl)cccc12. The van der Waals surface area contributed by atoms with Crippen LogP contribution in [0.1, 0.15) is 36.5 Å². The lowest BCUT2D eigenvalue weighted by molar-refractivity contribution is 0.0993. The van der Waals surface area contributed by atoms with Gasteiger partial charge in [-0.1, -0.05) is 35.3 Å². The third-order valence-electron chi connectivity index (χ3n) is 5.75. The molecule has 2 heterocycles. The molecule has 0 aliphatic carbocycles. The van der Waals surface area contributed by atoms with Crippen molar-refractivity contribution < 1.29 is 9.53 Å². The molecule has 1 fully saturated rings. The highest BCUT2D eigenvalue weighted by Gasteiger charge is 2.20. The lowest BCUT2D eigenvalue weighted by Crippen LogP contribution is -2.38. The highest BCUT2D eigenvalue weighted by atomic mass is 35.5. The molecule has 4 nitrogen and oxygen atoms in total. The van der Waals surface area contributed by atoms with Crippen LogP contribution in [0.3, 0.4) is 0 Å². The Bertz CT molecular complexity index is 1020. The van der Waals surface area contributed by atoms with Crippen LogP contribution in [0.2, 0.25) is 10.0 Å². The second-order valence-electron chi connectivity index (χ2n) is 7.89. The molecule has 1 saturated heterocycles. The van der Waals surface area contributed by atoms with Gasteiger partial charge in [-0.05, 0) is 63.1 Å². The van der Waals surface area contributed by atoms with E-state index in [0.29, 0.717) is 5.02 Å². The van der Waals surface area contributed by atoms with Crippen molar-refractivity contribution in [3.63, 3.8) is 0 Å². The lowest BCUT2D eigenvalue weighted by Gasteiger charge is -2.32. The maximum Gasteiger partial charge on any atom is 0.161 e. The minimum Gasteiger partial charge on any atom is -0.490 e. The number of likely N-dealkylation sites (tertiary alicyclic amines) is 1. The predicted molar refractivity (Wildman–Crippen MR) is 123 cm³/mol. The number of fused-ring (bicyclic) bond motifs is 1. The number of ketones is 1. The van der Waals surface area contributed by atoms with E-state index in [1.54, 1.807) is 6.92 Å². The highest BCUT2D eigenvalue weighted by Crippen LogP contribution is 2.29. The molecule has 0 N–H and O–H groups in total. The number of carbonyl (C=O) groups excluding carboxylic acids is 1.